The fraction of sp³-hybridized carbons (Fsp3) is 0.222. The van der Waals surface area contributed by atoms with Crippen molar-refractivity contribution < 1.29 is 21.8 Å². The van der Waals surface area contributed by atoms with E-state index in [1.807, 2.05) is 0 Å². The summed E-state index contributed by atoms with van der Waals surface area (Å²) < 4.78 is 0. The SMILES string of the molecule is CC(C)c1cccc(C(C)C)c1N=C1C(=Nc2ccc(N=C3C(=Nc4c(C(C)C)cccc4C(C)C)c4cccc5cccc3c45)cc2)c2cccc3cccc1c23.[Br][Ni][Br].[Br][Ni][Br]. The van der Waals surface area contributed by atoms with Gasteiger partial charge in [-0.2, -0.15) is 0 Å². The van der Waals surface area contributed by atoms with Crippen LogP contribution >= 0.6 is 56.9 Å². The zero-order valence-electron chi connectivity index (χ0n) is 36.9. The van der Waals surface area contributed by atoms with Gasteiger partial charge in [-0.05, 0) is 81.0 Å². The minimum atomic E-state index is 0.333. The van der Waals surface area contributed by atoms with Crippen molar-refractivity contribution in [3.8, 4) is 0 Å². The van der Waals surface area contributed by atoms with Crippen molar-refractivity contribution in [2.45, 2.75) is 79.1 Å². The number of halogens is 4. The molecule has 0 saturated heterocycles. The van der Waals surface area contributed by atoms with Gasteiger partial charge in [-0.3, -0.25) is 0 Å². The molecule has 9 rings (SSSR count). The predicted octanol–water partition coefficient (Wildman–Crippen LogP) is 18.4. The molecule has 0 atom stereocenters. The van der Waals surface area contributed by atoms with E-state index in [2.05, 4.69) is 246 Å². The van der Waals surface area contributed by atoms with Crippen molar-refractivity contribution in [2.75, 3.05) is 0 Å². The molecule has 0 heterocycles. The molecule has 0 bridgehead atoms. The first-order chi connectivity index (χ1) is 30.9. The van der Waals surface area contributed by atoms with Gasteiger partial charge in [-0.15, -0.1) is 0 Å². The number of hydrogen-bond acceptors (Lipinski definition) is 4. The van der Waals surface area contributed by atoms with E-state index in [4.69, 9.17) is 20.0 Å². The first-order valence-corrected chi connectivity index (χ1v) is 31.1. The molecule has 0 spiro atoms. The number of rotatable bonds is 8. The van der Waals surface area contributed by atoms with Crippen molar-refractivity contribution in [1.29, 1.82) is 0 Å². The van der Waals surface area contributed by atoms with E-state index >= 15 is 0 Å². The third kappa shape index (κ3) is 10.1. The molecular weight excluding hydrogens is 1140 g/mol. The van der Waals surface area contributed by atoms with Crippen LogP contribution in [0.3, 0.4) is 0 Å². The van der Waals surface area contributed by atoms with E-state index in [1.54, 1.807) is 0 Å². The van der Waals surface area contributed by atoms with E-state index < -0.39 is 0 Å². The number of hydrogen-bond donors (Lipinski definition) is 0. The molecular formula is C54H50Br4N4Ni2. The first-order valence-electron chi connectivity index (χ1n) is 21.3. The Bertz CT molecular complexity index is 2690. The van der Waals surface area contributed by atoms with Gasteiger partial charge in [0.25, 0.3) is 0 Å². The van der Waals surface area contributed by atoms with Gasteiger partial charge >= 0.3 is 78.7 Å². The van der Waals surface area contributed by atoms with E-state index in [-0.39, 0.29) is 0 Å². The quantitative estimate of drug-likeness (QED) is 0.136. The zero-order valence-corrected chi connectivity index (χ0v) is 45.3. The zero-order chi connectivity index (χ0) is 45.7. The molecule has 0 unspecified atom stereocenters. The minimum absolute atomic E-state index is 0.333. The van der Waals surface area contributed by atoms with Crippen LogP contribution in [0.1, 0.15) is 124 Å². The van der Waals surface area contributed by atoms with Crippen molar-refractivity contribution in [1.82, 2.24) is 0 Å². The maximum atomic E-state index is 5.57. The van der Waals surface area contributed by atoms with Gasteiger partial charge in [0.2, 0.25) is 0 Å². The molecule has 10 heteroatoms. The van der Waals surface area contributed by atoms with E-state index in [1.165, 1.54) is 65.6 Å². The van der Waals surface area contributed by atoms with Crippen LogP contribution in [0.4, 0.5) is 22.7 Å². The van der Waals surface area contributed by atoms with Crippen LogP contribution in [0.25, 0.3) is 21.5 Å². The normalized spacial score (nSPS) is 15.5. The molecule has 0 amide bonds. The van der Waals surface area contributed by atoms with E-state index in [9.17, 15) is 0 Å². The molecule has 4 nitrogen and oxygen atoms in total. The van der Waals surface area contributed by atoms with Crippen LogP contribution in [0, 0.1) is 0 Å². The summed E-state index contributed by atoms with van der Waals surface area (Å²) in [5, 5.41) is 4.81. The average Bonchev–Trinajstić information content (AvgIpc) is 3.74. The van der Waals surface area contributed by atoms with E-state index in [0.29, 0.717) is 23.7 Å². The number of para-hydroxylation sites is 2. The Morgan fingerprint density at radius 3 is 0.812 bits per heavy atom. The average molecular weight is 1190 g/mol. The Morgan fingerprint density at radius 1 is 0.328 bits per heavy atom. The molecule has 0 aliphatic heterocycles. The Kier molecular flexibility index (Phi) is 16.7. The molecule has 7 aromatic rings. The molecule has 0 fully saturated rings. The van der Waals surface area contributed by atoms with Crippen molar-refractivity contribution in [3.63, 3.8) is 0 Å². The number of benzene rings is 7. The summed E-state index contributed by atoms with van der Waals surface area (Å²) in [5.74, 6) is 1.33. The van der Waals surface area contributed by atoms with E-state index in [0.717, 1.165) is 67.9 Å². The van der Waals surface area contributed by atoms with Crippen molar-refractivity contribution in [2.24, 2.45) is 20.0 Å². The van der Waals surface area contributed by atoms with Crippen LogP contribution in [0.15, 0.2) is 153 Å². The monoisotopic (exact) mass is 1190 g/mol. The molecule has 0 N–H and O–H groups in total. The summed E-state index contributed by atoms with van der Waals surface area (Å²) in [6.45, 7) is 18.0. The summed E-state index contributed by atoms with van der Waals surface area (Å²) in [6, 6.07) is 47.6. The van der Waals surface area contributed by atoms with Crippen LogP contribution in [-0.2, 0) is 21.8 Å². The summed E-state index contributed by atoms with van der Waals surface area (Å²) in [7, 11) is 2.50. The molecule has 2 aliphatic carbocycles. The molecule has 64 heavy (non-hydrogen) atoms. The topological polar surface area (TPSA) is 49.4 Å². The Labute approximate surface area is 418 Å². The van der Waals surface area contributed by atoms with Gasteiger partial charge < -0.3 is 0 Å². The molecule has 0 radical (unpaired) electrons. The van der Waals surface area contributed by atoms with Crippen LogP contribution in [0.2, 0.25) is 0 Å². The number of nitrogens with zero attached hydrogens (tertiary/aromatic N) is 4. The third-order valence-corrected chi connectivity index (χ3v) is 11.7. The van der Waals surface area contributed by atoms with Crippen molar-refractivity contribution >= 4 is 124 Å². The Morgan fingerprint density at radius 2 is 0.562 bits per heavy atom. The van der Waals surface area contributed by atoms with Gasteiger partial charge in [-0.25, -0.2) is 20.0 Å². The third-order valence-electron chi connectivity index (χ3n) is 11.7. The predicted molar refractivity (Wildman–Crippen MR) is 284 cm³/mol. The Balaban J connectivity index is 0.000000968. The van der Waals surface area contributed by atoms with Gasteiger partial charge in [0.1, 0.15) is 0 Å². The molecule has 0 aromatic heterocycles. The van der Waals surface area contributed by atoms with Gasteiger partial charge in [0.15, 0.2) is 0 Å². The fourth-order valence-corrected chi connectivity index (χ4v) is 8.80. The molecule has 334 valence electrons. The standard InChI is InChI=1S/C54H50N4.4BrH.2Ni/c1-31(2)39-19-13-20-40(32(3)4)49(39)57-53-45-25-11-17-35-15-9-23-43(47(35)45)51(53)55-37-27-29-38(30-28-37)56-52-44-24-10-16-36-18-12-26-46(48(36)44)54(52)58-50-41(33(5)6)21-14-22-42(50)34(7)8;;;;;;/h9-34H,1-8H3;4*1H;;/q;;;;;2*+2/p-4. The molecule has 7 aromatic carbocycles. The second-order valence-corrected chi connectivity index (χ2v) is 27.0. The fourth-order valence-electron chi connectivity index (χ4n) is 8.80. The van der Waals surface area contributed by atoms with Gasteiger partial charge in [0.05, 0.1) is 45.6 Å². The Hall–Kier alpha value is -3.35. The molecule has 0 saturated carbocycles. The van der Waals surface area contributed by atoms with Gasteiger partial charge in [-0.1, -0.05) is 165 Å². The maximum absolute atomic E-state index is 5.57. The summed E-state index contributed by atoms with van der Waals surface area (Å²) in [4.78, 5) is 21.9. The van der Waals surface area contributed by atoms with Crippen LogP contribution in [-0.4, -0.2) is 22.8 Å². The molecule has 2 aliphatic rings. The summed E-state index contributed by atoms with van der Waals surface area (Å²) >= 11 is 12.0. The second-order valence-electron chi connectivity index (χ2n) is 17.1. The first kappa shape index (κ1) is 48.6. The van der Waals surface area contributed by atoms with Crippen molar-refractivity contribution in [3.05, 3.63) is 178 Å². The number of aliphatic imine (C=N–C) groups is 4. The summed E-state index contributed by atoms with van der Waals surface area (Å²) in [5.41, 5.74) is 17.0. The summed E-state index contributed by atoms with van der Waals surface area (Å²) in [6.07, 6.45) is 0. The van der Waals surface area contributed by atoms with Gasteiger partial charge in [0, 0.05) is 33.0 Å². The second kappa shape index (κ2) is 22.0. The van der Waals surface area contributed by atoms with Crippen LogP contribution in [0.5, 0.6) is 0 Å². The van der Waals surface area contributed by atoms with Crippen LogP contribution < -0.4 is 0 Å².